The monoisotopic (exact) mass is 389 g/mol. The number of nitrogens with one attached hydrogen (secondary N) is 2. The molecule has 142 valence electrons. The molecule has 0 aliphatic carbocycles. The molecule has 0 aliphatic heterocycles. The molecule has 2 N–H and O–H groups in total. The summed E-state index contributed by atoms with van der Waals surface area (Å²) in [6.07, 6.45) is -1.69. The van der Waals surface area contributed by atoms with Gasteiger partial charge in [0.15, 0.2) is 0 Å². The van der Waals surface area contributed by atoms with Crippen LogP contribution in [0.25, 0.3) is 22.3 Å². The zero-order chi connectivity index (χ0) is 19.9. The fourth-order valence-electron chi connectivity index (χ4n) is 2.84. The van der Waals surface area contributed by atoms with Crippen LogP contribution in [-0.4, -0.2) is 25.1 Å². The smallest absolute Gasteiger partial charge is 0.308 e. The highest BCUT2D eigenvalue weighted by atomic mass is 19.4. The van der Waals surface area contributed by atoms with Crippen LogP contribution in [0.4, 0.5) is 17.6 Å². The predicted molar refractivity (Wildman–Crippen MR) is 91.9 cm³/mol. The van der Waals surface area contributed by atoms with Gasteiger partial charge < -0.3 is 4.98 Å². The maximum Gasteiger partial charge on any atom is 0.419 e. The minimum absolute atomic E-state index is 0.0576. The molecule has 4 rings (SSSR count). The molecule has 0 saturated heterocycles. The van der Waals surface area contributed by atoms with Gasteiger partial charge in [-0.05, 0) is 29.8 Å². The molecule has 0 bridgehead atoms. The van der Waals surface area contributed by atoms with Gasteiger partial charge in [-0.3, -0.25) is 14.9 Å². The molecule has 0 atom stereocenters. The van der Waals surface area contributed by atoms with E-state index in [-0.39, 0.29) is 23.3 Å². The summed E-state index contributed by atoms with van der Waals surface area (Å²) in [6, 6.07) is 6.05. The summed E-state index contributed by atoms with van der Waals surface area (Å²) in [4.78, 5) is 23.2. The van der Waals surface area contributed by atoms with Gasteiger partial charge in [0.1, 0.15) is 28.4 Å². The summed E-state index contributed by atoms with van der Waals surface area (Å²) in [6.45, 7) is 0. The Morgan fingerprint density at radius 2 is 1.96 bits per heavy atom. The van der Waals surface area contributed by atoms with Gasteiger partial charge in [-0.1, -0.05) is 6.07 Å². The molecule has 6 nitrogen and oxygen atoms in total. The average molecular weight is 389 g/mol. The first-order chi connectivity index (χ1) is 13.3. The van der Waals surface area contributed by atoms with Crippen molar-refractivity contribution in [1.29, 1.82) is 0 Å². The van der Waals surface area contributed by atoms with Crippen LogP contribution in [0.15, 0.2) is 47.5 Å². The van der Waals surface area contributed by atoms with Crippen molar-refractivity contribution >= 4 is 11.0 Å². The summed E-state index contributed by atoms with van der Waals surface area (Å²) in [5, 5.41) is 6.70. The van der Waals surface area contributed by atoms with Gasteiger partial charge in [0.2, 0.25) is 0 Å². The topological polar surface area (TPSA) is 87.3 Å². The maximum atomic E-state index is 13.8. The zero-order valence-electron chi connectivity index (χ0n) is 14.0. The van der Waals surface area contributed by atoms with Gasteiger partial charge in [0.25, 0.3) is 5.56 Å². The fraction of sp³-hybridized carbons (Fsp3) is 0.111. The van der Waals surface area contributed by atoms with Crippen molar-refractivity contribution < 1.29 is 17.6 Å². The van der Waals surface area contributed by atoms with E-state index in [2.05, 4.69) is 25.1 Å². The van der Waals surface area contributed by atoms with Crippen LogP contribution in [0.2, 0.25) is 0 Å². The standard InChI is InChI=1S/C18H11F4N5O/c19-12-6-9(3-4-11(12)18(20,21)22)7-13-24-15-14(10-2-1-5-23-8-10)26-27-16(15)17(28)25-13/h1-6,8H,7H2,(H,26,27)(H,24,25,28). The summed E-state index contributed by atoms with van der Waals surface area (Å²) in [5.41, 5.74) is -0.107. The Morgan fingerprint density at radius 1 is 1.14 bits per heavy atom. The highest BCUT2D eigenvalue weighted by Crippen LogP contribution is 2.31. The van der Waals surface area contributed by atoms with Crippen LogP contribution in [0.5, 0.6) is 0 Å². The van der Waals surface area contributed by atoms with Crippen LogP contribution < -0.4 is 5.56 Å². The van der Waals surface area contributed by atoms with E-state index >= 15 is 0 Å². The van der Waals surface area contributed by atoms with Crippen molar-refractivity contribution in [3.05, 3.63) is 75.8 Å². The van der Waals surface area contributed by atoms with Crippen LogP contribution in [0, 0.1) is 5.82 Å². The van der Waals surface area contributed by atoms with E-state index in [0.29, 0.717) is 22.8 Å². The largest absolute Gasteiger partial charge is 0.419 e. The highest BCUT2D eigenvalue weighted by molar-refractivity contribution is 5.88. The third kappa shape index (κ3) is 3.24. The number of hydrogen-bond donors (Lipinski definition) is 2. The molecule has 0 saturated carbocycles. The number of aromatic amines is 2. The number of rotatable bonds is 3. The van der Waals surface area contributed by atoms with E-state index in [1.807, 2.05) is 0 Å². The van der Waals surface area contributed by atoms with E-state index in [4.69, 9.17) is 0 Å². The first-order valence-electron chi connectivity index (χ1n) is 8.06. The Morgan fingerprint density at radius 3 is 2.64 bits per heavy atom. The molecule has 4 aromatic rings. The number of halogens is 4. The normalized spacial score (nSPS) is 11.9. The SMILES string of the molecule is O=c1[nH]c(Cc2ccc(C(F)(F)F)c(F)c2)nc2c(-c3cccnc3)n[nH]c12. The second-order valence-corrected chi connectivity index (χ2v) is 6.04. The number of hydrogen-bond acceptors (Lipinski definition) is 4. The molecule has 0 radical (unpaired) electrons. The first-order valence-corrected chi connectivity index (χ1v) is 8.06. The summed E-state index contributed by atoms with van der Waals surface area (Å²) < 4.78 is 51.9. The molecule has 0 aliphatic rings. The number of aromatic nitrogens is 5. The minimum Gasteiger partial charge on any atom is -0.308 e. The van der Waals surface area contributed by atoms with Crippen LogP contribution in [0.1, 0.15) is 17.0 Å². The number of nitrogens with zero attached hydrogens (tertiary/aromatic N) is 3. The lowest BCUT2D eigenvalue weighted by atomic mass is 10.1. The minimum atomic E-state index is -4.77. The third-order valence-electron chi connectivity index (χ3n) is 4.12. The molecule has 0 spiro atoms. The second kappa shape index (κ2) is 6.55. The van der Waals surface area contributed by atoms with Crippen molar-refractivity contribution in [3.63, 3.8) is 0 Å². The van der Waals surface area contributed by atoms with Crippen LogP contribution in [0.3, 0.4) is 0 Å². The van der Waals surface area contributed by atoms with Crippen LogP contribution in [-0.2, 0) is 12.6 Å². The number of fused-ring (bicyclic) bond motifs is 1. The second-order valence-electron chi connectivity index (χ2n) is 6.04. The van der Waals surface area contributed by atoms with Crippen molar-refractivity contribution in [2.75, 3.05) is 0 Å². The van der Waals surface area contributed by atoms with E-state index < -0.39 is 23.1 Å². The molecule has 0 amide bonds. The van der Waals surface area contributed by atoms with Gasteiger partial charge in [0, 0.05) is 24.4 Å². The van der Waals surface area contributed by atoms with Gasteiger partial charge in [-0.2, -0.15) is 18.3 Å². The Bertz CT molecular complexity index is 1210. The van der Waals surface area contributed by atoms with Gasteiger partial charge in [-0.15, -0.1) is 0 Å². The zero-order valence-corrected chi connectivity index (χ0v) is 14.0. The lowest BCUT2D eigenvalue weighted by molar-refractivity contribution is -0.140. The number of H-pyrrole nitrogens is 2. The molecule has 10 heteroatoms. The van der Waals surface area contributed by atoms with E-state index in [1.165, 1.54) is 0 Å². The highest BCUT2D eigenvalue weighted by Gasteiger charge is 2.33. The fourth-order valence-corrected chi connectivity index (χ4v) is 2.84. The van der Waals surface area contributed by atoms with Crippen molar-refractivity contribution in [3.8, 4) is 11.3 Å². The lowest BCUT2D eigenvalue weighted by Gasteiger charge is -2.09. The maximum absolute atomic E-state index is 13.8. The van der Waals surface area contributed by atoms with Gasteiger partial charge >= 0.3 is 6.18 Å². The van der Waals surface area contributed by atoms with Crippen LogP contribution >= 0.6 is 0 Å². The molecule has 0 fully saturated rings. The van der Waals surface area contributed by atoms with Crippen molar-refractivity contribution in [1.82, 2.24) is 25.1 Å². The van der Waals surface area contributed by atoms with Gasteiger partial charge in [-0.25, -0.2) is 9.37 Å². The number of alkyl halides is 3. The van der Waals surface area contributed by atoms with E-state index in [1.54, 1.807) is 24.5 Å². The van der Waals surface area contributed by atoms with Crippen molar-refractivity contribution in [2.45, 2.75) is 12.6 Å². The van der Waals surface area contributed by atoms with Crippen molar-refractivity contribution in [2.24, 2.45) is 0 Å². The Kier molecular flexibility index (Phi) is 4.17. The third-order valence-corrected chi connectivity index (χ3v) is 4.12. The van der Waals surface area contributed by atoms with E-state index in [0.717, 1.165) is 12.1 Å². The molecule has 0 unspecified atom stereocenters. The average Bonchev–Trinajstić information content (AvgIpc) is 3.06. The summed E-state index contributed by atoms with van der Waals surface area (Å²) >= 11 is 0. The predicted octanol–water partition coefficient (Wildman–Crippen LogP) is 3.46. The molecule has 3 heterocycles. The quantitative estimate of drug-likeness (QED) is 0.526. The number of pyridine rings is 1. The summed E-state index contributed by atoms with van der Waals surface area (Å²) in [7, 11) is 0. The Balaban J connectivity index is 1.74. The lowest BCUT2D eigenvalue weighted by Crippen LogP contribution is -2.13. The molecular formula is C18H11F4N5O. The first kappa shape index (κ1) is 17.8. The molecule has 1 aromatic carbocycles. The molecule has 3 aromatic heterocycles. The Hall–Kier alpha value is -3.56. The molecular weight excluding hydrogens is 378 g/mol. The van der Waals surface area contributed by atoms with E-state index in [9.17, 15) is 22.4 Å². The Labute approximate surface area is 154 Å². The number of benzene rings is 1. The molecule has 28 heavy (non-hydrogen) atoms. The van der Waals surface area contributed by atoms with Gasteiger partial charge in [0.05, 0.1) is 5.56 Å². The summed E-state index contributed by atoms with van der Waals surface area (Å²) in [5.74, 6) is -1.21.